The van der Waals surface area contributed by atoms with E-state index in [1.54, 1.807) is 24.3 Å². The molecule has 1 aliphatic carbocycles. The van der Waals surface area contributed by atoms with Crippen LogP contribution in [0.5, 0.6) is 0 Å². The normalized spacial score (nSPS) is 16.8. The van der Waals surface area contributed by atoms with Crippen molar-refractivity contribution in [2.24, 2.45) is 11.3 Å². The number of carboxylic acids is 1. The number of benzene rings is 1. The number of hydrogen-bond donors (Lipinski definition) is 2. The highest BCUT2D eigenvalue weighted by Crippen LogP contribution is 2.44. The van der Waals surface area contributed by atoms with Crippen molar-refractivity contribution < 1.29 is 14.7 Å². The molecule has 1 aromatic carbocycles. The summed E-state index contributed by atoms with van der Waals surface area (Å²) in [6.45, 7) is 6.65. The number of amides is 1. The average molecular weight is 392 g/mol. The van der Waals surface area contributed by atoms with E-state index in [2.05, 4.69) is 26.1 Å². The Balaban J connectivity index is 1.94. The number of fused-ring (bicyclic) bond motifs is 1. The molecule has 2 N–H and O–H groups in total. The summed E-state index contributed by atoms with van der Waals surface area (Å²) in [5, 5.41) is 13.2. The largest absolute Gasteiger partial charge is 0.478 e. The molecule has 0 saturated carbocycles. The molecule has 1 atom stereocenters. The van der Waals surface area contributed by atoms with Gasteiger partial charge in [0.25, 0.3) is 5.91 Å². The van der Waals surface area contributed by atoms with Gasteiger partial charge in [-0.05, 0) is 48.3 Å². The van der Waals surface area contributed by atoms with Crippen LogP contribution in [0.15, 0.2) is 24.3 Å². The van der Waals surface area contributed by atoms with E-state index in [0.29, 0.717) is 21.5 Å². The van der Waals surface area contributed by atoms with Gasteiger partial charge in [0.15, 0.2) is 0 Å². The smallest absolute Gasteiger partial charge is 0.339 e. The van der Waals surface area contributed by atoms with Crippen LogP contribution in [0.25, 0.3) is 0 Å². The first-order valence-electron chi connectivity index (χ1n) is 8.62. The summed E-state index contributed by atoms with van der Waals surface area (Å²) in [6.07, 6.45) is 2.55. The highest BCUT2D eigenvalue weighted by molar-refractivity contribution is 7.17. The lowest BCUT2D eigenvalue weighted by atomic mass is 9.72. The fourth-order valence-electron chi connectivity index (χ4n) is 3.46. The van der Waals surface area contributed by atoms with Gasteiger partial charge >= 0.3 is 5.97 Å². The van der Waals surface area contributed by atoms with E-state index < -0.39 is 5.97 Å². The average Bonchev–Trinajstić information content (AvgIpc) is 2.91. The zero-order valence-electron chi connectivity index (χ0n) is 15.1. The summed E-state index contributed by atoms with van der Waals surface area (Å²) in [5.41, 5.74) is 1.62. The Morgan fingerprint density at radius 3 is 2.58 bits per heavy atom. The van der Waals surface area contributed by atoms with E-state index >= 15 is 0 Å². The van der Waals surface area contributed by atoms with Crippen LogP contribution in [0.3, 0.4) is 0 Å². The number of hydrogen-bond acceptors (Lipinski definition) is 3. The molecular weight excluding hydrogens is 370 g/mol. The first-order chi connectivity index (χ1) is 12.2. The first kappa shape index (κ1) is 18.9. The fourth-order valence-corrected chi connectivity index (χ4v) is 4.99. The van der Waals surface area contributed by atoms with Gasteiger partial charge in [-0.1, -0.05) is 44.5 Å². The Kier molecular flexibility index (Phi) is 5.13. The molecule has 1 heterocycles. The minimum absolute atomic E-state index is 0.173. The van der Waals surface area contributed by atoms with E-state index in [1.165, 1.54) is 11.3 Å². The minimum atomic E-state index is -0.994. The van der Waals surface area contributed by atoms with E-state index in [1.807, 2.05) is 0 Å². The number of carboxylic acid groups (broad SMARTS) is 1. The topological polar surface area (TPSA) is 66.4 Å². The predicted molar refractivity (Wildman–Crippen MR) is 106 cm³/mol. The molecule has 4 nitrogen and oxygen atoms in total. The second kappa shape index (κ2) is 7.05. The number of carbonyl (C=O) groups is 2. The van der Waals surface area contributed by atoms with E-state index in [-0.39, 0.29) is 16.9 Å². The van der Waals surface area contributed by atoms with Gasteiger partial charge in [-0.15, -0.1) is 11.3 Å². The molecule has 0 saturated heterocycles. The lowest BCUT2D eigenvalue weighted by molar-refractivity contribution is 0.0696. The summed E-state index contributed by atoms with van der Waals surface area (Å²) < 4.78 is 0. The molecule has 0 unspecified atom stereocenters. The highest BCUT2D eigenvalue weighted by atomic mass is 35.5. The Morgan fingerprint density at radius 2 is 1.96 bits per heavy atom. The number of anilines is 1. The van der Waals surface area contributed by atoms with Gasteiger partial charge in [0.2, 0.25) is 0 Å². The molecule has 2 aromatic rings. The van der Waals surface area contributed by atoms with Crippen LogP contribution >= 0.6 is 22.9 Å². The zero-order valence-corrected chi connectivity index (χ0v) is 16.6. The van der Waals surface area contributed by atoms with E-state index in [4.69, 9.17) is 11.6 Å². The Bertz CT molecular complexity index is 866. The standard InChI is InChI=1S/C20H22ClNO3S/c1-20(2,3)11-8-9-13-15(10-11)26-18(16(13)19(24)25)22-17(23)12-6-4-5-7-14(12)21/h4-7,11H,8-10H2,1-3H3,(H,22,23)(H,24,25)/t11-/m0/s1. The molecule has 1 aliphatic rings. The first-order valence-corrected chi connectivity index (χ1v) is 9.81. The van der Waals surface area contributed by atoms with Crippen LogP contribution in [0, 0.1) is 11.3 Å². The van der Waals surface area contributed by atoms with Crippen molar-refractivity contribution in [3.63, 3.8) is 0 Å². The number of nitrogens with one attached hydrogen (secondary N) is 1. The Morgan fingerprint density at radius 1 is 1.27 bits per heavy atom. The van der Waals surface area contributed by atoms with Crippen molar-refractivity contribution >= 4 is 39.8 Å². The van der Waals surface area contributed by atoms with Crippen molar-refractivity contribution in [3.05, 3.63) is 50.9 Å². The molecule has 3 rings (SSSR count). The van der Waals surface area contributed by atoms with Crippen molar-refractivity contribution in [1.29, 1.82) is 0 Å². The fraction of sp³-hybridized carbons (Fsp3) is 0.400. The summed E-state index contributed by atoms with van der Waals surface area (Å²) in [5.74, 6) is -0.877. The summed E-state index contributed by atoms with van der Waals surface area (Å²) in [7, 11) is 0. The summed E-state index contributed by atoms with van der Waals surface area (Å²) >= 11 is 7.47. The maximum atomic E-state index is 12.6. The van der Waals surface area contributed by atoms with Crippen molar-refractivity contribution in [2.45, 2.75) is 40.0 Å². The highest BCUT2D eigenvalue weighted by Gasteiger charge is 2.34. The Hall–Kier alpha value is -1.85. The molecule has 6 heteroatoms. The molecule has 1 amide bonds. The van der Waals surface area contributed by atoms with Gasteiger partial charge in [-0.25, -0.2) is 4.79 Å². The molecule has 0 fully saturated rings. The number of halogens is 1. The minimum Gasteiger partial charge on any atom is -0.478 e. The van der Waals surface area contributed by atoms with Crippen LogP contribution in [0.4, 0.5) is 5.00 Å². The van der Waals surface area contributed by atoms with Crippen LogP contribution in [-0.2, 0) is 12.8 Å². The SMILES string of the molecule is CC(C)(C)[C@H]1CCc2c(sc(NC(=O)c3ccccc3Cl)c2C(=O)O)C1. The third kappa shape index (κ3) is 3.64. The second-order valence-corrected chi connectivity index (χ2v) is 9.27. The quantitative estimate of drug-likeness (QED) is 0.725. The van der Waals surface area contributed by atoms with Gasteiger partial charge in [-0.2, -0.15) is 0 Å². The van der Waals surface area contributed by atoms with Gasteiger partial charge in [0, 0.05) is 4.88 Å². The molecule has 26 heavy (non-hydrogen) atoms. The lowest BCUT2D eigenvalue weighted by Gasteiger charge is -2.33. The molecule has 0 bridgehead atoms. The summed E-state index contributed by atoms with van der Waals surface area (Å²) in [6, 6.07) is 6.74. The monoisotopic (exact) mass is 391 g/mol. The number of aromatic carboxylic acids is 1. The molecule has 0 radical (unpaired) electrons. The van der Waals surface area contributed by atoms with Gasteiger partial charge in [-0.3, -0.25) is 4.79 Å². The zero-order chi connectivity index (χ0) is 19.1. The van der Waals surface area contributed by atoms with Crippen molar-refractivity contribution in [3.8, 4) is 0 Å². The Labute approximate surface area is 162 Å². The van der Waals surface area contributed by atoms with Crippen molar-refractivity contribution in [2.75, 3.05) is 5.32 Å². The lowest BCUT2D eigenvalue weighted by Crippen LogP contribution is -2.26. The van der Waals surface area contributed by atoms with E-state index in [0.717, 1.165) is 29.7 Å². The number of carbonyl (C=O) groups excluding carboxylic acids is 1. The van der Waals surface area contributed by atoms with E-state index in [9.17, 15) is 14.7 Å². The summed E-state index contributed by atoms with van der Waals surface area (Å²) in [4.78, 5) is 25.5. The van der Waals surface area contributed by atoms with Crippen LogP contribution < -0.4 is 5.32 Å². The van der Waals surface area contributed by atoms with Gasteiger partial charge in [0.05, 0.1) is 16.1 Å². The van der Waals surface area contributed by atoms with Crippen LogP contribution in [0.1, 0.15) is 58.3 Å². The number of rotatable bonds is 3. The van der Waals surface area contributed by atoms with Crippen molar-refractivity contribution in [1.82, 2.24) is 0 Å². The third-order valence-electron chi connectivity index (χ3n) is 5.05. The van der Waals surface area contributed by atoms with Gasteiger partial charge in [0.1, 0.15) is 5.00 Å². The molecular formula is C20H22ClNO3S. The van der Waals surface area contributed by atoms with Gasteiger partial charge < -0.3 is 10.4 Å². The molecule has 0 aliphatic heterocycles. The third-order valence-corrected chi connectivity index (χ3v) is 6.55. The predicted octanol–water partition coefficient (Wildman–Crippen LogP) is 5.50. The maximum absolute atomic E-state index is 12.6. The molecule has 0 spiro atoms. The maximum Gasteiger partial charge on any atom is 0.339 e. The number of thiophene rings is 1. The second-order valence-electron chi connectivity index (χ2n) is 7.75. The molecule has 138 valence electrons. The van der Waals surface area contributed by atoms with Crippen LogP contribution in [-0.4, -0.2) is 17.0 Å². The van der Waals surface area contributed by atoms with Crippen LogP contribution in [0.2, 0.25) is 5.02 Å². The molecule has 1 aromatic heterocycles.